The van der Waals surface area contributed by atoms with Gasteiger partial charge in [-0.3, -0.25) is 10.1 Å². The second kappa shape index (κ2) is 6.60. The van der Waals surface area contributed by atoms with Gasteiger partial charge in [0.15, 0.2) is 5.82 Å². The van der Waals surface area contributed by atoms with Crippen LogP contribution >= 0.6 is 0 Å². The van der Waals surface area contributed by atoms with E-state index in [4.69, 9.17) is 0 Å². The number of H-pyrrole nitrogens is 1. The monoisotopic (exact) mass is 345 g/mol. The third kappa shape index (κ3) is 3.07. The summed E-state index contributed by atoms with van der Waals surface area (Å²) < 4.78 is 1.66. The summed E-state index contributed by atoms with van der Waals surface area (Å²) in [5.74, 6) is 0.394. The van der Waals surface area contributed by atoms with Gasteiger partial charge in [-0.05, 0) is 19.1 Å². The highest BCUT2D eigenvalue weighted by Crippen LogP contribution is 2.21. The Kier molecular flexibility index (Phi) is 3.98. The van der Waals surface area contributed by atoms with E-state index < -0.39 is 5.91 Å². The standard InChI is InChI=1S/C18H15N7O/c1-12-7-9-14(10-8-12)25-16(13-5-3-2-4-6-13)21-15(24-25)17(26)22-18-19-11-20-23-18/h2-11H,1H3,(H2,19,20,22,23,26). The predicted octanol–water partition coefficient (Wildman–Crippen LogP) is 2.61. The van der Waals surface area contributed by atoms with Gasteiger partial charge in [-0.1, -0.05) is 48.0 Å². The number of rotatable bonds is 4. The van der Waals surface area contributed by atoms with Crippen LogP contribution < -0.4 is 5.32 Å². The second-order valence-corrected chi connectivity index (χ2v) is 5.66. The fraction of sp³-hybridized carbons (Fsp3) is 0.0556. The average Bonchev–Trinajstić information content (AvgIpc) is 3.33. The lowest BCUT2D eigenvalue weighted by molar-refractivity contribution is 0.101. The SMILES string of the molecule is Cc1ccc(-n2nc(C(=O)Nc3ncn[nH]3)nc2-c2ccccc2)cc1. The van der Waals surface area contributed by atoms with Crippen LogP contribution in [0.5, 0.6) is 0 Å². The smallest absolute Gasteiger partial charge is 0.288 e. The molecular weight excluding hydrogens is 330 g/mol. The van der Waals surface area contributed by atoms with Crippen molar-refractivity contribution in [2.24, 2.45) is 0 Å². The van der Waals surface area contributed by atoms with Crippen LogP contribution in [0.2, 0.25) is 0 Å². The molecule has 4 rings (SSSR count). The van der Waals surface area contributed by atoms with Crippen molar-refractivity contribution in [2.45, 2.75) is 6.92 Å². The molecule has 0 atom stereocenters. The minimum absolute atomic E-state index is 0.0424. The topological polar surface area (TPSA) is 101 Å². The Hall–Kier alpha value is -3.81. The van der Waals surface area contributed by atoms with Gasteiger partial charge in [0.05, 0.1) is 5.69 Å². The maximum absolute atomic E-state index is 12.5. The van der Waals surface area contributed by atoms with E-state index in [0.29, 0.717) is 5.82 Å². The lowest BCUT2D eigenvalue weighted by Crippen LogP contribution is -2.15. The maximum Gasteiger partial charge on any atom is 0.297 e. The number of amides is 1. The average molecular weight is 345 g/mol. The van der Waals surface area contributed by atoms with Crippen molar-refractivity contribution < 1.29 is 4.79 Å². The van der Waals surface area contributed by atoms with Gasteiger partial charge < -0.3 is 0 Å². The number of nitrogens with zero attached hydrogens (tertiary/aromatic N) is 5. The van der Waals surface area contributed by atoms with E-state index in [1.54, 1.807) is 4.68 Å². The minimum atomic E-state index is -0.468. The normalized spacial score (nSPS) is 10.7. The zero-order chi connectivity index (χ0) is 17.9. The van der Waals surface area contributed by atoms with Gasteiger partial charge in [0.2, 0.25) is 11.8 Å². The highest BCUT2D eigenvalue weighted by atomic mass is 16.2. The van der Waals surface area contributed by atoms with Crippen LogP contribution in [0, 0.1) is 6.92 Å². The molecular formula is C18H15N7O. The summed E-state index contributed by atoms with van der Waals surface area (Å²) in [5, 5.41) is 13.3. The number of benzene rings is 2. The summed E-state index contributed by atoms with van der Waals surface area (Å²) in [4.78, 5) is 20.8. The van der Waals surface area contributed by atoms with E-state index in [2.05, 4.69) is 30.6 Å². The summed E-state index contributed by atoms with van der Waals surface area (Å²) in [6, 6.07) is 17.5. The zero-order valence-electron chi connectivity index (χ0n) is 13.9. The van der Waals surface area contributed by atoms with Crippen LogP contribution in [0.25, 0.3) is 17.1 Å². The number of carbonyl (C=O) groups excluding carboxylic acids is 1. The lowest BCUT2D eigenvalue weighted by Gasteiger charge is -2.06. The number of aromatic amines is 1. The molecule has 0 saturated carbocycles. The van der Waals surface area contributed by atoms with Gasteiger partial charge in [0.1, 0.15) is 6.33 Å². The molecule has 26 heavy (non-hydrogen) atoms. The van der Waals surface area contributed by atoms with Gasteiger partial charge in [-0.2, -0.15) is 10.1 Å². The highest BCUT2D eigenvalue weighted by Gasteiger charge is 2.19. The summed E-state index contributed by atoms with van der Waals surface area (Å²) in [6.07, 6.45) is 1.31. The Morgan fingerprint density at radius 2 is 1.85 bits per heavy atom. The summed E-state index contributed by atoms with van der Waals surface area (Å²) in [6.45, 7) is 2.01. The number of anilines is 1. The fourth-order valence-corrected chi connectivity index (χ4v) is 2.48. The summed E-state index contributed by atoms with van der Waals surface area (Å²) in [7, 11) is 0. The first-order valence-electron chi connectivity index (χ1n) is 7.97. The van der Waals surface area contributed by atoms with Crippen molar-refractivity contribution in [3.63, 3.8) is 0 Å². The highest BCUT2D eigenvalue weighted by molar-refractivity contribution is 6.00. The number of aryl methyl sites for hydroxylation is 1. The largest absolute Gasteiger partial charge is 0.297 e. The molecule has 0 aliphatic heterocycles. The number of hydrogen-bond donors (Lipinski definition) is 2. The Bertz CT molecular complexity index is 1020. The lowest BCUT2D eigenvalue weighted by atomic mass is 10.2. The van der Waals surface area contributed by atoms with E-state index in [1.165, 1.54) is 6.33 Å². The van der Waals surface area contributed by atoms with Crippen LogP contribution in [-0.4, -0.2) is 35.9 Å². The van der Waals surface area contributed by atoms with E-state index in [-0.39, 0.29) is 11.8 Å². The molecule has 0 aliphatic carbocycles. The Morgan fingerprint density at radius 3 is 2.54 bits per heavy atom. The van der Waals surface area contributed by atoms with Crippen LogP contribution in [0.1, 0.15) is 16.2 Å². The van der Waals surface area contributed by atoms with Crippen molar-refractivity contribution in [2.75, 3.05) is 5.32 Å². The number of hydrogen-bond acceptors (Lipinski definition) is 5. The maximum atomic E-state index is 12.5. The first kappa shape index (κ1) is 15.7. The first-order valence-corrected chi connectivity index (χ1v) is 7.97. The van der Waals surface area contributed by atoms with E-state index in [0.717, 1.165) is 16.8 Å². The third-order valence-corrected chi connectivity index (χ3v) is 3.77. The molecule has 2 aromatic carbocycles. The quantitative estimate of drug-likeness (QED) is 0.592. The van der Waals surface area contributed by atoms with Crippen LogP contribution in [0.15, 0.2) is 60.9 Å². The van der Waals surface area contributed by atoms with Crippen LogP contribution in [-0.2, 0) is 0 Å². The van der Waals surface area contributed by atoms with Crippen LogP contribution in [0.4, 0.5) is 5.95 Å². The Labute approximate surface area is 148 Å². The van der Waals surface area contributed by atoms with Gasteiger partial charge in [-0.15, -0.1) is 5.10 Å². The number of nitrogens with one attached hydrogen (secondary N) is 2. The molecule has 0 unspecified atom stereocenters. The molecule has 0 fully saturated rings. The van der Waals surface area contributed by atoms with E-state index in [1.807, 2.05) is 61.5 Å². The third-order valence-electron chi connectivity index (χ3n) is 3.77. The molecule has 1 amide bonds. The first-order chi connectivity index (χ1) is 12.7. The van der Waals surface area contributed by atoms with Gasteiger partial charge in [-0.25, -0.2) is 14.8 Å². The summed E-state index contributed by atoms with van der Waals surface area (Å²) >= 11 is 0. The van der Waals surface area contributed by atoms with Crippen LogP contribution in [0.3, 0.4) is 0 Å². The number of aromatic nitrogens is 6. The van der Waals surface area contributed by atoms with E-state index >= 15 is 0 Å². The molecule has 8 heteroatoms. The van der Waals surface area contributed by atoms with Crippen molar-refractivity contribution in [1.82, 2.24) is 29.9 Å². The van der Waals surface area contributed by atoms with Crippen molar-refractivity contribution in [1.29, 1.82) is 0 Å². The molecule has 4 aromatic rings. The molecule has 2 aromatic heterocycles. The van der Waals surface area contributed by atoms with Gasteiger partial charge in [0, 0.05) is 5.56 Å². The molecule has 0 bridgehead atoms. The minimum Gasteiger partial charge on any atom is -0.288 e. The summed E-state index contributed by atoms with van der Waals surface area (Å²) in [5.41, 5.74) is 2.82. The molecule has 0 saturated heterocycles. The van der Waals surface area contributed by atoms with Gasteiger partial charge >= 0.3 is 0 Å². The molecule has 0 radical (unpaired) electrons. The number of carbonyl (C=O) groups is 1. The molecule has 0 aliphatic rings. The zero-order valence-corrected chi connectivity index (χ0v) is 13.9. The molecule has 2 heterocycles. The predicted molar refractivity (Wildman–Crippen MR) is 95.9 cm³/mol. The van der Waals surface area contributed by atoms with E-state index in [9.17, 15) is 4.79 Å². The molecule has 8 nitrogen and oxygen atoms in total. The van der Waals surface area contributed by atoms with Crippen molar-refractivity contribution >= 4 is 11.9 Å². The molecule has 0 spiro atoms. The Morgan fingerprint density at radius 1 is 1.08 bits per heavy atom. The van der Waals surface area contributed by atoms with Gasteiger partial charge in [0.25, 0.3) is 5.91 Å². The molecule has 128 valence electrons. The fourth-order valence-electron chi connectivity index (χ4n) is 2.48. The van der Waals surface area contributed by atoms with Crippen molar-refractivity contribution in [3.8, 4) is 17.1 Å². The second-order valence-electron chi connectivity index (χ2n) is 5.66. The van der Waals surface area contributed by atoms with Crippen molar-refractivity contribution in [3.05, 3.63) is 72.3 Å². The Balaban J connectivity index is 1.77. The molecule has 2 N–H and O–H groups in total.